The molecule has 1 fully saturated rings. The van der Waals surface area contributed by atoms with E-state index in [1.807, 2.05) is 0 Å². The van der Waals surface area contributed by atoms with Gasteiger partial charge in [0.25, 0.3) is 0 Å². The van der Waals surface area contributed by atoms with Gasteiger partial charge in [-0.25, -0.2) is 0 Å². The smallest absolute Gasteiger partial charge is 0.234 e. The van der Waals surface area contributed by atoms with Crippen LogP contribution in [0, 0.1) is 5.92 Å². The number of amides is 1. The third-order valence-corrected chi connectivity index (χ3v) is 3.01. The summed E-state index contributed by atoms with van der Waals surface area (Å²) < 4.78 is 0. The largest absolute Gasteiger partial charge is 0.368 e. The molecule has 1 aliphatic heterocycles. The predicted octanol–water partition coefficient (Wildman–Crippen LogP) is -0.0806. The van der Waals surface area contributed by atoms with Gasteiger partial charge in [-0.3, -0.25) is 4.79 Å². The summed E-state index contributed by atoms with van der Waals surface area (Å²) in [5.41, 5.74) is 10.7. The zero-order chi connectivity index (χ0) is 10.7. The van der Waals surface area contributed by atoms with Crippen LogP contribution in [0.4, 0.5) is 0 Å². The summed E-state index contributed by atoms with van der Waals surface area (Å²) in [6.07, 6.45) is 1.91. The van der Waals surface area contributed by atoms with Gasteiger partial charge >= 0.3 is 0 Å². The van der Waals surface area contributed by atoms with E-state index in [9.17, 15) is 4.79 Å². The Bertz CT molecular complexity index is 208. The Balaban J connectivity index is 2.28. The fraction of sp³-hybridized carbons (Fsp3) is 0.900. The van der Waals surface area contributed by atoms with E-state index in [2.05, 4.69) is 18.7 Å². The SMILES string of the molecule is CC1CC(C)N(CCC(N)C(N)=O)C1. The van der Waals surface area contributed by atoms with Crippen molar-refractivity contribution in [2.75, 3.05) is 13.1 Å². The molecule has 1 amide bonds. The highest BCUT2D eigenvalue weighted by Crippen LogP contribution is 2.22. The fourth-order valence-electron chi connectivity index (χ4n) is 2.15. The highest BCUT2D eigenvalue weighted by atomic mass is 16.1. The molecule has 0 bridgehead atoms. The van der Waals surface area contributed by atoms with E-state index in [0.717, 1.165) is 19.0 Å². The van der Waals surface area contributed by atoms with Crippen LogP contribution in [0.1, 0.15) is 26.7 Å². The Hall–Kier alpha value is -0.610. The molecular formula is C10H21N3O. The molecule has 0 aliphatic carbocycles. The predicted molar refractivity (Wildman–Crippen MR) is 56.6 cm³/mol. The molecule has 82 valence electrons. The molecule has 0 spiro atoms. The van der Waals surface area contributed by atoms with Gasteiger partial charge in [-0.15, -0.1) is 0 Å². The van der Waals surface area contributed by atoms with E-state index >= 15 is 0 Å². The first-order valence-corrected chi connectivity index (χ1v) is 5.29. The first kappa shape index (κ1) is 11.5. The lowest BCUT2D eigenvalue weighted by molar-refractivity contribution is -0.119. The zero-order valence-electron chi connectivity index (χ0n) is 9.07. The lowest BCUT2D eigenvalue weighted by atomic mass is 10.1. The normalized spacial score (nSPS) is 30.5. The van der Waals surface area contributed by atoms with Crippen molar-refractivity contribution in [2.24, 2.45) is 17.4 Å². The van der Waals surface area contributed by atoms with Crippen molar-refractivity contribution in [3.05, 3.63) is 0 Å². The van der Waals surface area contributed by atoms with Crippen LogP contribution < -0.4 is 11.5 Å². The lowest BCUT2D eigenvalue weighted by Crippen LogP contribution is -2.40. The number of rotatable bonds is 4. The molecule has 3 atom stereocenters. The van der Waals surface area contributed by atoms with Gasteiger partial charge in [0.1, 0.15) is 0 Å². The van der Waals surface area contributed by atoms with E-state index < -0.39 is 11.9 Å². The van der Waals surface area contributed by atoms with E-state index in [-0.39, 0.29) is 0 Å². The van der Waals surface area contributed by atoms with Crippen LogP contribution in [0.2, 0.25) is 0 Å². The van der Waals surface area contributed by atoms with Crippen molar-refractivity contribution in [1.29, 1.82) is 0 Å². The molecule has 0 aromatic carbocycles. The number of hydrogen-bond donors (Lipinski definition) is 2. The highest BCUT2D eigenvalue weighted by molar-refractivity contribution is 5.79. The molecule has 4 N–H and O–H groups in total. The molecule has 4 heteroatoms. The van der Waals surface area contributed by atoms with Gasteiger partial charge < -0.3 is 16.4 Å². The fourth-order valence-corrected chi connectivity index (χ4v) is 2.15. The third-order valence-electron chi connectivity index (χ3n) is 3.01. The maximum Gasteiger partial charge on any atom is 0.234 e. The second-order valence-corrected chi connectivity index (χ2v) is 4.48. The van der Waals surface area contributed by atoms with Crippen LogP contribution >= 0.6 is 0 Å². The Morgan fingerprint density at radius 2 is 2.21 bits per heavy atom. The van der Waals surface area contributed by atoms with Crippen molar-refractivity contribution in [3.8, 4) is 0 Å². The van der Waals surface area contributed by atoms with Crippen LogP contribution in [0.3, 0.4) is 0 Å². The van der Waals surface area contributed by atoms with Crippen molar-refractivity contribution < 1.29 is 4.79 Å². The third kappa shape index (κ3) is 2.96. The van der Waals surface area contributed by atoms with Gasteiger partial charge in [-0.1, -0.05) is 6.92 Å². The summed E-state index contributed by atoms with van der Waals surface area (Å²) in [5, 5.41) is 0. The highest BCUT2D eigenvalue weighted by Gasteiger charge is 2.26. The molecule has 0 aromatic heterocycles. The summed E-state index contributed by atoms with van der Waals surface area (Å²) in [4.78, 5) is 13.1. The molecule has 0 radical (unpaired) electrons. The molecule has 1 saturated heterocycles. The van der Waals surface area contributed by atoms with Crippen molar-refractivity contribution in [1.82, 2.24) is 4.90 Å². The zero-order valence-corrected chi connectivity index (χ0v) is 9.07. The van der Waals surface area contributed by atoms with Crippen molar-refractivity contribution in [3.63, 3.8) is 0 Å². The lowest BCUT2D eigenvalue weighted by Gasteiger charge is -2.21. The van der Waals surface area contributed by atoms with Crippen LogP contribution in [0.25, 0.3) is 0 Å². The Morgan fingerprint density at radius 3 is 2.64 bits per heavy atom. The van der Waals surface area contributed by atoms with E-state index in [4.69, 9.17) is 11.5 Å². The van der Waals surface area contributed by atoms with E-state index in [0.29, 0.717) is 12.5 Å². The van der Waals surface area contributed by atoms with E-state index in [1.54, 1.807) is 0 Å². The molecular weight excluding hydrogens is 178 g/mol. The van der Waals surface area contributed by atoms with E-state index in [1.165, 1.54) is 6.42 Å². The average Bonchev–Trinajstić information content (AvgIpc) is 2.40. The minimum atomic E-state index is -0.488. The monoisotopic (exact) mass is 199 g/mol. The number of hydrogen-bond acceptors (Lipinski definition) is 3. The van der Waals surface area contributed by atoms with Gasteiger partial charge in [-0.05, 0) is 25.7 Å². The molecule has 1 aliphatic rings. The van der Waals surface area contributed by atoms with Crippen molar-refractivity contribution >= 4 is 5.91 Å². The molecule has 1 heterocycles. The molecule has 0 saturated carbocycles. The summed E-state index contributed by atoms with van der Waals surface area (Å²) in [6, 6.07) is 0.128. The molecule has 14 heavy (non-hydrogen) atoms. The second kappa shape index (κ2) is 4.75. The summed E-state index contributed by atoms with van der Waals surface area (Å²) in [5.74, 6) is 0.361. The van der Waals surface area contributed by atoms with Crippen LogP contribution in [0.5, 0.6) is 0 Å². The maximum atomic E-state index is 10.7. The number of nitrogens with zero attached hydrogens (tertiary/aromatic N) is 1. The van der Waals surface area contributed by atoms with Gasteiger partial charge in [-0.2, -0.15) is 0 Å². The number of carbonyl (C=O) groups is 1. The van der Waals surface area contributed by atoms with Crippen LogP contribution in [-0.2, 0) is 4.79 Å². The number of primary amides is 1. The number of carbonyl (C=O) groups excluding carboxylic acids is 1. The summed E-state index contributed by atoms with van der Waals surface area (Å²) in [7, 11) is 0. The first-order chi connectivity index (χ1) is 6.50. The van der Waals surface area contributed by atoms with Crippen LogP contribution in [0.15, 0.2) is 0 Å². The number of likely N-dealkylation sites (tertiary alicyclic amines) is 1. The van der Waals surface area contributed by atoms with Gasteiger partial charge in [0, 0.05) is 19.1 Å². The average molecular weight is 199 g/mol. The topological polar surface area (TPSA) is 72.3 Å². The minimum Gasteiger partial charge on any atom is -0.368 e. The van der Waals surface area contributed by atoms with Gasteiger partial charge in [0.05, 0.1) is 6.04 Å². The Kier molecular flexibility index (Phi) is 3.89. The second-order valence-electron chi connectivity index (χ2n) is 4.48. The van der Waals surface area contributed by atoms with Gasteiger partial charge in [0.2, 0.25) is 5.91 Å². The Labute approximate surface area is 85.6 Å². The van der Waals surface area contributed by atoms with Crippen molar-refractivity contribution in [2.45, 2.75) is 38.8 Å². The molecule has 1 rings (SSSR count). The molecule has 3 unspecified atom stereocenters. The van der Waals surface area contributed by atoms with Crippen LogP contribution in [-0.4, -0.2) is 36.0 Å². The molecule has 4 nitrogen and oxygen atoms in total. The minimum absolute atomic E-state index is 0.398. The maximum absolute atomic E-state index is 10.7. The van der Waals surface area contributed by atoms with Gasteiger partial charge in [0.15, 0.2) is 0 Å². The summed E-state index contributed by atoms with van der Waals surface area (Å²) in [6.45, 7) is 6.48. The standard InChI is InChI=1S/C10H21N3O/c1-7-5-8(2)13(6-7)4-3-9(11)10(12)14/h7-9H,3-6,11H2,1-2H3,(H2,12,14). The first-order valence-electron chi connectivity index (χ1n) is 5.29. The Morgan fingerprint density at radius 1 is 1.57 bits per heavy atom. The molecule has 0 aromatic rings. The quantitative estimate of drug-likeness (QED) is 0.665. The summed E-state index contributed by atoms with van der Waals surface area (Å²) >= 11 is 0. The number of nitrogens with two attached hydrogens (primary N) is 2.